The molecule has 4 heterocycles. The van der Waals surface area contributed by atoms with Gasteiger partial charge in [0.05, 0.1) is 11.1 Å². The zero-order chi connectivity index (χ0) is 22.8. The van der Waals surface area contributed by atoms with Crippen LogP contribution in [0.3, 0.4) is 0 Å². The molecule has 0 bridgehead atoms. The summed E-state index contributed by atoms with van der Waals surface area (Å²) in [4.78, 5) is 15.7. The van der Waals surface area contributed by atoms with Crippen LogP contribution in [0.15, 0.2) is 54.9 Å². The summed E-state index contributed by atoms with van der Waals surface area (Å²) in [7, 11) is 0. The van der Waals surface area contributed by atoms with Gasteiger partial charge in [-0.1, -0.05) is 18.2 Å². The zero-order valence-electron chi connectivity index (χ0n) is 18.5. The van der Waals surface area contributed by atoms with Gasteiger partial charge in [0, 0.05) is 56.5 Å². The standard InChI is InChI=1S/C25H28F3N5/c26-25(27,28)20-5-6-24(30-17-20)33-15-13-32(14-16-33)21-8-11-31(12-9-21)18-19-7-10-29-23-4-2-1-3-22(19)23/h1-7,10,17,21H,8-9,11-16,18H2. The Bertz CT molecular complexity index is 1060. The van der Waals surface area contributed by atoms with Crippen molar-refractivity contribution in [2.24, 2.45) is 0 Å². The summed E-state index contributed by atoms with van der Waals surface area (Å²) < 4.78 is 38.3. The minimum absolute atomic E-state index is 0.568. The Morgan fingerprint density at radius 2 is 1.61 bits per heavy atom. The molecule has 0 unspecified atom stereocenters. The number of para-hydroxylation sites is 1. The zero-order valence-corrected chi connectivity index (χ0v) is 18.5. The molecule has 8 heteroatoms. The fourth-order valence-corrected chi connectivity index (χ4v) is 5.03. The first kappa shape index (κ1) is 22.1. The van der Waals surface area contributed by atoms with Gasteiger partial charge in [0.25, 0.3) is 0 Å². The van der Waals surface area contributed by atoms with E-state index in [4.69, 9.17) is 0 Å². The van der Waals surface area contributed by atoms with E-state index < -0.39 is 11.7 Å². The van der Waals surface area contributed by atoms with Crippen LogP contribution in [0.5, 0.6) is 0 Å². The van der Waals surface area contributed by atoms with Gasteiger partial charge in [0.2, 0.25) is 0 Å². The van der Waals surface area contributed by atoms with Crippen LogP contribution >= 0.6 is 0 Å². The Morgan fingerprint density at radius 1 is 0.848 bits per heavy atom. The SMILES string of the molecule is FC(F)(F)c1ccc(N2CCN(C3CCN(Cc4ccnc5ccccc45)CC3)CC2)nc1. The van der Waals surface area contributed by atoms with Crippen molar-refractivity contribution in [3.8, 4) is 0 Å². The number of benzene rings is 1. The number of piperazine rings is 1. The molecule has 2 aliphatic heterocycles. The van der Waals surface area contributed by atoms with Crippen LogP contribution in [0, 0.1) is 0 Å². The van der Waals surface area contributed by atoms with E-state index in [9.17, 15) is 13.2 Å². The molecule has 5 nitrogen and oxygen atoms in total. The lowest BCUT2D eigenvalue weighted by atomic mass is 10.0. The van der Waals surface area contributed by atoms with Gasteiger partial charge in [0.1, 0.15) is 5.82 Å². The van der Waals surface area contributed by atoms with Crippen LogP contribution in [-0.2, 0) is 12.7 Å². The lowest BCUT2D eigenvalue weighted by Crippen LogP contribution is -2.53. The van der Waals surface area contributed by atoms with Gasteiger partial charge in [0.15, 0.2) is 0 Å². The van der Waals surface area contributed by atoms with Crippen LogP contribution in [0.1, 0.15) is 24.0 Å². The first-order chi connectivity index (χ1) is 16.0. The van der Waals surface area contributed by atoms with Gasteiger partial charge in [-0.3, -0.25) is 14.8 Å². The van der Waals surface area contributed by atoms with Crippen molar-refractivity contribution < 1.29 is 13.2 Å². The largest absolute Gasteiger partial charge is 0.417 e. The lowest BCUT2D eigenvalue weighted by molar-refractivity contribution is -0.137. The van der Waals surface area contributed by atoms with Gasteiger partial charge in [-0.25, -0.2) is 4.98 Å². The fourth-order valence-electron chi connectivity index (χ4n) is 5.03. The molecule has 5 rings (SSSR count). The van der Waals surface area contributed by atoms with E-state index in [0.29, 0.717) is 11.9 Å². The molecule has 0 radical (unpaired) electrons. The average molecular weight is 456 g/mol. The van der Waals surface area contributed by atoms with Crippen molar-refractivity contribution in [1.29, 1.82) is 0 Å². The Labute approximate surface area is 191 Å². The third-order valence-electron chi connectivity index (χ3n) is 6.92. The van der Waals surface area contributed by atoms with Gasteiger partial charge in [-0.05, 0) is 55.8 Å². The van der Waals surface area contributed by atoms with Crippen molar-refractivity contribution in [2.45, 2.75) is 31.6 Å². The summed E-state index contributed by atoms with van der Waals surface area (Å²) in [6.45, 7) is 6.51. The maximum Gasteiger partial charge on any atom is 0.417 e. The number of hydrogen-bond acceptors (Lipinski definition) is 5. The predicted molar refractivity (Wildman–Crippen MR) is 123 cm³/mol. The van der Waals surface area contributed by atoms with Crippen molar-refractivity contribution in [3.05, 3.63) is 66.0 Å². The van der Waals surface area contributed by atoms with Crippen molar-refractivity contribution in [2.75, 3.05) is 44.2 Å². The highest BCUT2D eigenvalue weighted by atomic mass is 19.4. The molecule has 0 N–H and O–H groups in total. The van der Waals surface area contributed by atoms with Gasteiger partial charge in [-0.15, -0.1) is 0 Å². The molecule has 0 atom stereocenters. The van der Waals surface area contributed by atoms with Gasteiger partial charge in [-0.2, -0.15) is 13.2 Å². The number of anilines is 1. The molecule has 2 aliphatic rings. The molecular weight excluding hydrogens is 427 g/mol. The van der Waals surface area contributed by atoms with Crippen LogP contribution in [0.2, 0.25) is 0 Å². The summed E-state index contributed by atoms with van der Waals surface area (Å²) in [5.41, 5.74) is 1.68. The number of hydrogen-bond donors (Lipinski definition) is 0. The maximum atomic E-state index is 12.8. The molecular formula is C25H28F3N5. The van der Waals surface area contributed by atoms with E-state index in [1.807, 2.05) is 12.3 Å². The molecule has 1 aromatic carbocycles. The van der Waals surface area contributed by atoms with E-state index >= 15 is 0 Å². The Hall–Kier alpha value is -2.71. The van der Waals surface area contributed by atoms with Gasteiger partial charge < -0.3 is 4.90 Å². The molecule has 174 valence electrons. The number of fused-ring (bicyclic) bond motifs is 1. The molecule has 2 saturated heterocycles. The summed E-state index contributed by atoms with van der Waals surface area (Å²) >= 11 is 0. The second-order valence-electron chi connectivity index (χ2n) is 8.92. The average Bonchev–Trinajstić information content (AvgIpc) is 2.84. The first-order valence-corrected chi connectivity index (χ1v) is 11.5. The van der Waals surface area contributed by atoms with Crippen LogP contribution < -0.4 is 4.90 Å². The summed E-state index contributed by atoms with van der Waals surface area (Å²) in [5.74, 6) is 0.627. The fraction of sp³-hybridized carbons (Fsp3) is 0.440. The number of rotatable bonds is 4. The van der Waals surface area contributed by atoms with Crippen molar-refractivity contribution in [1.82, 2.24) is 19.8 Å². The maximum absolute atomic E-state index is 12.8. The number of halogens is 3. The minimum Gasteiger partial charge on any atom is -0.354 e. The molecule has 0 aliphatic carbocycles. The topological polar surface area (TPSA) is 35.5 Å². The van der Waals surface area contributed by atoms with E-state index in [2.05, 4.69) is 48.9 Å². The number of alkyl halides is 3. The molecule has 0 saturated carbocycles. The minimum atomic E-state index is -4.34. The second kappa shape index (κ2) is 9.27. The number of aromatic nitrogens is 2. The quantitative estimate of drug-likeness (QED) is 0.582. The third kappa shape index (κ3) is 4.96. The number of likely N-dealkylation sites (tertiary alicyclic amines) is 1. The van der Waals surface area contributed by atoms with Gasteiger partial charge >= 0.3 is 6.18 Å². The van der Waals surface area contributed by atoms with E-state index in [1.165, 1.54) is 17.0 Å². The molecule has 0 spiro atoms. The summed E-state index contributed by atoms with van der Waals surface area (Å²) in [5, 5.41) is 1.23. The van der Waals surface area contributed by atoms with Crippen molar-refractivity contribution >= 4 is 16.7 Å². The monoisotopic (exact) mass is 455 g/mol. The van der Waals surface area contributed by atoms with E-state index in [1.54, 1.807) is 0 Å². The molecule has 2 fully saturated rings. The Morgan fingerprint density at radius 3 is 2.30 bits per heavy atom. The molecule has 2 aromatic heterocycles. The first-order valence-electron chi connectivity index (χ1n) is 11.5. The molecule has 33 heavy (non-hydrogen) atoms. The summed E-state index contributed by atoms with van der Waals surface area (Å²) in [6.07, 6.45) is 0.769. The number of pyridine rings is 2. The van der Waals surface area contributed by atoms with E-state index in [0.717, 1.165) is 76.4 Å². The smallest absolute Gasteiger partial charge is 0.354 e. The number of nitrogens with zero attached hydrogens (tertiary/aromatic N) is 5. The molecule has 3 aromatic rings. The van der Waals surface area contributed by atoms with Crippen LogP contribution in [-0.4, -0.2) is 65.1 Å². The second-order valence-corrected chi connectivity index (χ2v) is 8.92. The Balaban J connectivity index is 1.12. The highest BCUT2D eigenvalue weighted by molar-refractivity contribution is 5.81. The van der Waals surface area contributed by atoms with Crippen molar-refractivity contribution in [3.63, 3.8) is 0 Å². The number of piperidine rings is 1. The molecule has 0 amide bonds. The normalized spacial score (nSPS) is 19.3. The van der Waals surface area contributed by atoms with Crippen LogP contribution in [0.25, 0.3) is 10.9 Å². The third-order valence-corrected chi connectivity index (χ3v) is 6.92. The lowest BCUT2D eigenvalue weighted by Gasteiger charge is -2.43. The highest BCUT2D eigenvalue weighted by Gasteiger charge is 2.32. The van der Waals surface area contributed by atoms with E-state index in [-0.39, 0.29) is 0 Å². The Kier molecular flexibility index (Phi) is 6.21. The highest BCUT2D eigenvalue weighted by Crippen LogP contribution is 2.30. The summed E-state index contributed by atoms with van der Waals surface area (Å²) in [6, 6.07) is 13.6. The predicted octanol–water partition coefficient (Wildman–Crippen LogP) is 4.44. The van der Waals surface area contributed by atoms with Crippen LogP contribution in [0.4, 0.5) is 19.0 Å².